The summed E-state index contributed by atoms with van der Waals surface area (Å²) in [4.78, 5) is 0. The molecule has 0 aromatic rings. The second-order valence-electron chi connectivity index (χ2n) is 7.20. The Balaban J connectivity index is 5.52. The minimum absolute atomic E-state index is 0.827. The topological polar surface area (TPSA) is 0 Å². The first kappa shape index (κ1) is 24.9. The van der Waals surface area contributed by atoms with Gasteiger partial charge in [-0.3, -0.25) is 0 Å². The van der Waals surface area contributed by atoms with Crippen molar-refractivity contribution in [3.8, 4) is 0 Å². The fraction of sp³-hybridized carbons (Fsp3) is 1.00. The quantitative estimate of drug-likeness (QED) is 0.0986. The second kappa shape index (κ2) is 14.0. The Bertz CT molecular complexity index is 248. The molecule has 0 unspecified atom stereocenters. The SMILES string of the molecule is CCCCI(CCCC)P(I)(CCCC)(CCCC)CCCC. The number of hydrogen-bond acceptors (Lipinski definition) is 0. The molecule has 0 bridgehead atoms. The molecular formula is C20H45I2P. The molecule has 0 aromatic carbocycles. The van der Waals surface area contributed by atoms with Crippen molar-refractivity contribution < 1.29 is 0 Å². The molecule has 0 fully saturated rings. The van der Waals surface area contributed by atoms with Crippen LogP contribution in [0.5, 0.6) is 0 Å². The molecule has 0 aliphatic carbocycles. The Morgan fingerprint density at radius 2 is 0.870 bits per heavy atom. The average Bonchev–Trinajstić information content (AvgIpc) is 2.57. The summed E-state index contributed by atoms with van der Waals surface area (Å²) in [7, 11) is 0. The van der Waals surface area contributed by atoms with Crippen LogP contribution >= 0.6 is 43.2 Å². The van der Waals surface area contributed by atoms with Gasteiger partial charge in [-0.2, -0.15) is 0 Å². The van der Waals surface area contributed by atoms with E-state index in [1.807, 2.05) is 0 Å². The molecule has 144 valence electrons. The van der Waals surface area contributed by atoms with E-state index in [9.17, 15) is 0 Å². The van der Waals surface area contributed by atoms with E-state index in [1.54, 1.807) is 27.3 Å². The van der Waals surface area contributed by atoms with Gasteiger partial charge in [-0.25, -0.2) is 0 Å². The van der Waals surface area contributed by atoms with Gasteiger partial charge in [-0.15, -0.1) is 0 Å². The van der Waals surface area contributed by atoms with Crippen molar-refractivity contribution in [3.05, 3.63) is 0 Å². The van der Waals surface area contributed by atoms with Crippen LogP contribution in [-0.2, 0) is 0 Å². The summed E-state index contributed by atoms with van der Waals surface area (Å²) in [5.74, 6) is 0. The molecule has 0 heterocycles. The van der Waals surface area contributed by atoms with E-state index in [2.05, 4.69) is 56.7 Å². The van der Waals surface area contributed by atoms with Crippen LogP contribution in [0, 0.1) is 0 Å². The summed E-state index contributed by atoms with van der Waals surface area (Å²) in [6.45, 7) is 12.0. The molecule has 23 heavy (non-hydrogen) atoms. The molecule has 0 radical (unpaired) electrons. The van der Waals surface area contributed by atoms with Crippen LogP contribution in [0.4, 0.5) is 0 Å². The van der Waals surface area contributed by atoms with E-state index in [0.29, 0.717) is 0 Å². The van der Waals surface area contributed by atoms with Crippen molar-refractivity contribution in [2.24, 2.45) is 0 Å². The van der Waals surface area contributed by atoms with Gasteiger partial charge < -0.3 is 0 Å². The number of hydrogen-bond donors (Lipinski definition) is 0. The monoisotopic (exact) mass is 570 g/mol. The Morgan fingerprint density at radius 1 is 0.565 bits per heavy atom. The van der Waals surface area contributed by atoms with Crippen molar-refractivity contribution in [2.45, 2.75) is 98.8 Å². The average molecular weight is 570 g/mol. The number of unbranched alkanes of at least 4 members (excludes halogenated alkanes) is 5. The van der Waals surface area contributed by atoms with Crippen LogP contribution in [-0.4, -0.2) is 27.3 Å². The van der Waals surface area contributed by atoms with E-state index in [-0.39, 0.29) is 0 Å². The van der Waals surface area contributed by atoms with Gasteiger partial charge in [0.15, 0.2) is 0 Å². The number of alkyl halides is 2. The van der Waals surface area contributed by atoms with E-state index in [4.69, 9.17) is 0 Å². The van der Waals surface area contributed by atoms with E-state index < -0.39 is 21.2 Å². The van der Waals surface area contributed by atoms with Crippen molar-refractivity contribution in [1.29, 1.82) is 0 Å². The molecule has 0 aliphatic heterocycles. The van der Waals surface area contributed by atoms with Gasteiger partial charge in [-0.05, 0) is 0 Å². The molecular weight excluding hydrogens is 525 g/mol. The molecule has 0 aliphatic rings. The van der Waals surface area contributed by atoms with Crippen LogP contribution in [0.2, 0.25) is 0 Å². The van der Waals surface area contributed by atoms with Gasteiger partial charge in [0.25, 0.3) is 0 Å². The summed E-state index contributed by atoms with van der Waals surface area (Å²) in [6, 6.07) is 0. The first-order chi connectivity index (χ1) is 11.0. The van der Waals surface area contributed by atoms with Gasteiger partial charge in [0.1, 0.15) is 0 Å². The molecule has 0 spiro atoms. The zero-order valence-electron chi connectivity index (χ0n) is 16.8. The Morgan fingerprint density at radius 3 is 1.13 bits per heavy atom. The normalized spacial score (nSPS) is 14.5. The van der Waals surface area contributed by atoms with E-state index >= 15 is 0 Å². The molecule has 3 heteroatoms. The fourth-order valence-corrected chi connectivity index (χ4v) is 40.8. The minimum atomic E-state index is -1.43. The predicted octanol–water partition coefficient (Wildman–Crippen LogP) is 9.31. The van der Waals surface area contributed by atoms with Crippen molar-refractivity contribution >= 4 is 43.2 Å². The summed E-state index contributed by atoms with van der Waals surface area (Å²) >= 11 is 2.39. The fourth-order valence-electron chi connectivity index (χ4n) is 3.29. The standard InChI is InChI=1S/C20H45I2P/c1-6-11-16-22(17-12-7-2)23(21,18-13-8-3,19-14-9-4)20-15-10-5/h6-20H2,1-5H3. The van der Waals surface area contributed by atoms with Crippen molar-refractivity contribution in [2.75, 3.05) is 27.3 Å². The van der Waals surface area contributed by atoms with E-state index in [1.165, 1.54) is 64.2 Å². The van der Waals surface area contributed by atoms with Crippen LogP contribution in [0.1, 0.15) is 98.8 Å². The number of halogens is 2. The number of rotatable bonds is 16. The zero-order valence-corrected chi connectivity index (χ0v) is 22.0. The molecule has 0 aromatic heterocycles. The van der Waals surface area contributed by atoms with Crippen LogP contribution in [0.3, 0.4) is 0 Å². The van der Waals surface area contributed by atoms with Crippen molar-refractivity contribution in [1.82, 2.24) is 0 Å². The maximum atomic E-state index is 3.22. The molecule has 0 rings (SSSR count). The second-order valence-corrected chi connectivity index (χ2v) is 40.0. The van der Waals surface area contributed by atoms with Gasteiger partial charge in [0.05, 0.1) is 0 Å². The molecule has 0 nitrogen and oxygen atoms in total. The summed E-state index contributed by atoms with van der Waals surface area (Å²) in [6.07, 6.45) is 19.6. The van der Waals surface area contributed by atoms with Crippen LogP contribution in [0.25, 0.3) is 0 Å². The summed E-state index contributed by atoms with van der Waals surface area (Å²) < 4.78 is 1.93. The third-order valence-electron chi connectivity index (χ3n) is 5.00. The predicted molar refractivity (Wildman–Crippen MR) is 134 cm³/mol. The van der Waals surface area contributed by atoms with Gasteiger partial charge in [0, 0.05) is 0 Å². The van der Waals surface area contributed by atoms with Crippen LogP contribution in [0.15, 0.2) is 0 Å². The third kappa shape index (κ3) is 8.89. The maximum absolute atomic E-state index is 3.22. The van der Waals surface area contributed by atoms with Crippen molar-refractivity contribution in [3.63, 3.8) is 0 Å². The van der Waals surface area contributed by atoms with E-state index in [0.717, 1.165) is 0 Å². The first-order valence-electron chi connectivity index (χ1n) is 10.4. The molecule has 0 saturated heterocycles. The molecule has 0 atom stereocenters. The third-order valence-corrected chi connectivity index (χ3v) is 45.6. The summed E-state index contributed by atoms with van der Waals surface area (Å²) in [5, 5.41) is 0. The zero-order chi connectivity index (χ0) is 17.6. The van der Waals surface area contributed by atoms with Gasteiger partial charge in [0.2, 0.25) is 0 Å². The summed E-state index contributed by atoms with van der Waals surface area (Å²) in [5.41, 5.74) is 0. The van der Waals surface area contributed by atoms with Crippen LogP contribution < -0.4 is 0 Å². The molecule has 0 amide bonds. The Hall–Kier alpha value is 1.89. The molecule has 0 N–H and O–H groups in total. The Labute approximate surface area is 168 Å². The molecule has 0 saturated carbocycles. The van der Waals surface area contributed by atoms with Gasteiger partial charge in [-0.1, -0.05) is 0 Å². The Kier molecular flexibility index (Phi) is 15.2. The van der Waals surface area contributed by atoms with Gasteiger partial charge >= 0.3 is 169 Å². The first-order valence-corrected chi connectivity index (χ1v) is 21.8.